The number of ether oxygens (including phenoxy) is 1. The molecule has 0 N–H and O–H groups in total. The van der Waals surface area contributed by atoms with Gasteiger partial charge in [0.05, 0.1) is 16.7 Å². The van der Waals surface area contributed by atoms with Crippen molar-refractivity contribution in [2.24, 2.45) is 0 Å². The Balaban J connectivity index is 2.32. The number of fused-ring (bicyclic) bond motifs is 1. The first-order chi connectivity index (χ1) is 13.4. The number of benzene rings is 1. The summed E-state index contributed by atoms with van der Waals surface area (Å²) in [5, 5.41) is 1.53. The number of amides is 1. The highest BCUT2D eigenvalue weighted by Crippen LogP contribution is 2.21. The molecular weight excluding hydrogens is 398 g/mol. The minimum Gasteiger partial charge on any atom is -0.385 e. The molecule has 0 fully saturated rings. The second-order valence-corrected chi connectivity index (χ2v) is 7.89. The maximum Gasteiger partial charge on any atom is 0.262 e. The van der Waals surface area contributed by atoms with Gasteiger partial charge in [-0.05, 0) is 38.5 Å². The highest BCUT2D eigenvalue weighted by atomic mass is 35.5. The molecule has 1 aromatic carbocycles. The second-order valence-electron chi connectivity index (χ2n) is 6.51. The number of carbonyl (C=O) groups is 1. The fourth-order valence-electron chi connectivity index (χ4n) is 2.77. The van der Waals surface area contributed by atoms with Crippen molar-refractivity contribution in [1.82, 2.24) is 14.5 Å². The van der Waals surface area contributed by atoms with Gasteiger partial charge in [-0.25, -0.2) is 4.98 Å². The Hall–Kier alpha value is -1.83. The van der Waals surface area contributed by atoms with E-state index in [4.69, 9.17) is 16.3 Å². The maximum absolute atomic E-state index is 13.0. The summed E-state index contributed by atoms with van der Waals surface area (Å²) in [5.41, 5.74) is 1.32. The van der Waals surface area contributed by atoms with E-state index >= 15 is 0 Å². The van der Waals surface area contributed by atoms with Crippen molar-refractivity contribution in [3.63, 3.8) is 0 Å². The number of aromatic nitrogens is 2. The molecule has 0 aliphatic carbocycles. The SMILES string of the molecule is C=C(C)CN(CC)C(=O)CSc1nc2cc(Cl)ccc2c(=O)n1CCCOC. The lowest BCUT2D eigenvalue weighted by molar-refractivity contribution is -0.127. The number of halogens is 1. The highest BCUT2D eigenvalue weighted by molar-refractivity contribution is 7.99. The molecule has 0 atom stereocenters. The van der Waals surface area contributed by atoms with Gasteiger partial charge in [0.15, 0.2) is 5.16 Å². The van der Waals surface area contributed by atoms with Gasteiger partial charge in [-0.1, -0.05) is 35.5 Å². The van der Waals surface area contributed by atoms with E-state index in [1.54, 1.807) is 34.8 Å². The third-order valence-electron chi connectivity index (χ3n) is 4.13. The normalized spacial score (nSPS) is 11.0. The number of rotatable bonds is 10. The number of thioether (sulfide) groups is 1. The van der Waals surface area contributed by atoms with Gasteiger partial charge in [0.1, 0.15) is 0 Å². The van der Waals surface area contributed by atoms with Crippen LogP contribution in [0.15, 0.2) is 40.3 Å². The highest BCUT2D eigenvalue weighted by Gasteiger charge is 2.16. The molecule has 0 unspecified atom stereocenters. The summed E-state index contributed by atoms with van der Waals surface area (Å²) in [6.45, 7) is 9.84. The first-order valence-electron chi connectivity index (χ1n) is 9.11. The number of likely N-dealkylation sites (N-methyl/N-ethyl adjacent to an activating group) is 1. The molecule has 1 aromatic heterocycles. The molecule has 152 valence electrons. The first-order valence-corrected chi connectivity index (χ1v) is 10.5. The van der Waals surface area contributed by atoms with Crippen LogP contribution < -0.4 is 5.56 Å². The smallest absolute Gasteiger partial charge is 0.262 e. The van der Waals surface area contributed by atoms with Crippen LogP contribution in [0, 0.1) is 0 Å². The van der Waals surface area contributed by atoms with Crippen molar-refractivity contribution in [3.8, 4) is 0 Å². The molecule has 0 radical (unpaired) electrons. The number of hydrogen-bond acceptors (Lipinski definition) is 5. The maximum atomic E-state index is 13.0. The number of hydrogen-bond donors (Lipinski definition) is 0. The van der Waals surface area contributed by atoms with Gasteiger partial charge in [-0.3, -0.25) is 14.2 Å². The van der Waals surface area contributed by atoms with Gasteiger partial charge >= 0.3 is 0 Å². The predicted molar refractivity (Wildman–Crippen MR) is 115 cm³/mol. The van der Waals surface area contributed by atoms with E-state index in [0.717, 1.165) is 5.57 Å². The van der Waals surface area contributed by atoms with E-state index in [-0.39, 0.29) is 17.2 Å². The van der Waals surface area contributed by atoms with Crippen molar-refractivity contribution in [3.05, 3.63) is 45.7 Å². The predicted octanol–water partition coefficient (Wildman–Crippen LogP) is 3.60. The summed E-state index contributed by atoms with van der Waals surface area (Å²) in [6, 6.07) is 5.04. The zero-order valence-electron chi connectivity index (χ0n) is 16.5. The lowest BCUT2D eigenvalue weighted by atomic mass is 10.2. The number of nitrogens with zero attached hydrogens (tertiary/aromatic N) is 3. The molecule has 6 nitrogen and oxygen atoms in total. The molecule has 1 heterocycles. The number of carbonyl (C=O) groups excluding carboxylic acids is 1. The summed E-state index contributed by atoms with van der Waals surface area (Å²) >= 11 is 7.33. The van der Waals surface area contributed by atoms with Crippen LogP contribution in [0.3, 0.4) is 0 Å². The Labute approximate surface area is 174 Å². The van der Waals surface area contributed by atoms with E-state index in [9.17, 15) is 9.59 Å². The zero-order chi connectivity index (χ0) is 20.7. The van der Waals surface area contributed by atoms with Crippen molar-refractivity contribution in [2.45, 2.75) is 32.0 Å². The molecule has 0 aliphatic heterocycles. The number of methoxy groups -OCH3 is 1. The Morgan fingerprint density at radius 2 is 2.18 bits per heavy atom. The van der Waals surface area contributed by atoms with Crippen LogP contribution in [0.25, 0.3) is 10.9 Å². The Morgan fingerprint density at radius 3 is 2.82 bits per heavy atom. The third kappa shape index (κ3) is 5.83. The molecule has 8 heteroatoms. The van der Waals surface area contributed by atoms with Crippen LogP contribution in [0.4, 0.5) is 0 Å². The van der Waals surface area contributed by atoms with Gasteiger partial charge in [0.25, 0.3) is 5.56 Å². The van der Waals surface area contributed by atoms with Gasteiger partial charge in [-0.15, -0.1) is 0 Å². The standard InChI is InChI=1S/C20H26ClN3O3S/c1-5-23(12-14(2)3)18(25)13-28-20-22-17-11-15(21)7-8-16(17)19(26)24(20)9-6-10-27-4/h7-8,11H,2,5-6,9-10,12-13H2,1,3-4H3. The molecular formula is C20H26ClN3O3S. The quantitative estimate of drug-likeness (QED) is 0.253. The summed E-state index contributed by atoms with van der Waals surface area (Å²) in [6.07, 6.45) is 0.676. The fraction of sp³-hybridized carbons (Fsp3) is 0.450. The van der Waals surface area contributed by atoms with Crippen LogP contribution in [-0.4, -0.2) is 52.9 Å². The lowest BCUT2D eigenvalue weighted by Gasteiger charge is -2.21. The van der Waals surface area contributed by atoms with Crippen LogP contribution in [0.5, 0.6) is 0 Å². The van der Waals surface area contributed by atoms with E-state index in [2.05, 4.69) is 11.6 Å². The molecule has 0 bridgehead atoms. The van der Waals surface area contributed by atoms with Crippen molar-refractivity contribution in [2.75, 3.05) is 32.6 Å². The first kappa shape index (κ1) is 22.5. The lowest BCUT2D eigenvalue weighted by Crippen LogP contribution is -2.34. The summed E-state index contributed by atoms with van der Waals surface area (Å²) in [7, 11) is 1.62. The zero-order valence-corrected chi connectivity index (χ0v) is 18.1. The van der Waals surface area contributed by atoms with Gasteiger partial charge < -0.3 is 9.64 Å². The second kappa shape index (κ2) is 10.6. The molecule has 1 amide bonds. The summed E-state index contributed by atoms with van der Waals surface area (Å²) in [4.78, 5) is 31.9. The molecule has 0 aliphatic rings. The average molecular weight is 424 g/mol. The third-order valence-corrected chi connectivity index (χ3v) is 5.33. The van der Waals surface area contributed by atoms with Crippen LogP contribution in [0.1, 0.15) is 20.3 Å². The Bertz CT molecular complexity index is 913. The van der Waals surface area contributed by atoms with Crippen LogP contribution >= 0.6 is 23.4 Å². The molecule has 0 spiro atoms. The van der Waals surface area contributed by atoms with Crippen LogP contribution in [-0.2, 0) is 16.1 Å². The topological polar surface area (TPSA) is 64.4 Å². The van der Waals surface area contributed by atoms with Gasteiger partial charge in [0, 0.05) is 38.4 Å². The van der Waals surface area contributed by atoms with Crippen molar-refractivity contribution >= 4 is 40.2 Å². The molecule has 2 aromatic rings. The fourth-order valence-corrected chi connectivity index (χ4v) is 3.86. The monoisotopic (exact) mass is 423 g/mol. The molecule has 0 saturated carbocycles. The van der Waals surface area contributed by atoms with E-state index in [1.807, 2.05) is 13.8 Å². The van der Waals surface area contributed by atoms with Crippen LogP contribution in [0.2, 0.25) is 5.02 Å². The van der Waals surface area contributed by atoms with Crippen molar-refractivity contribution < 1.29 is 9.53 Å². The Kier molecular flexibility index (Phi) is 8.54. The minimum absolute atomic E-state index is 0.0145. The summed E-state index contributed by atoms with van der Waals surface area (Å²) < 4.78 is 6.71. The minimum atomic E-state index is -0.137. The van der Waals surface area contributed by atoms with Gasteiger partial charge in [0.2, 0.25) is 5.91 Å². The molecule has 28 heavy (non-hydrogen) atoms. The average Bonchev–Trinajstić information content (AvgIpc) is 2.65. The van der Waals surface area contributed by atoms with E-state index < -0.39 is 0 Å². The molecule has 2 rings (SSSR count). The van der Waals surface area contributed by atoms with E-state index in [1.165, 1.54) is 11.8 Å². The Morgan fingerprint density at radius 1 is 1.43 bits per heavy atom. The summed E-state index contributed by atoms with van der Waals surface area (Å²) in [5.74, 6) is 0.184. The largest absolute Gasteiger partial charge is 0.385 e. The van der Waals surface area contributed by atoms with Gasteiger partial charge in [-0.2, -0.15) is 0 Å². The van der Waals surface area contributed by atoms with Crippen molar-refractivity contribution in [1.29, 1.82) is 0 Å². The molecule has 0 saturated heterocycles. The van der Waals surface area contributed by atoms with E-state index in [0.29, 0.717) is 53.7 Å².